The predicted octanol–water partition coefficient (Wildman–Crippen LogP) is 6.40. The number of sulfonamides is 1. The fourth-order valence-electron chi connectivity index (χ4n) is 4.71. The summed E-state index contributed by atoms with van der Waals surface area (Å²) >= 11 is 2.90. The molecule has 0 atom stereocenters. The van der Waals surface area contributed by atoms with E-state index in [1.807, 2.05) is 46.3 Å². The molecule has 214 valence electrons. The van der Waals surface area contributed by atoms with Crippen LogP contribution in [0.3, 0.4) is 0 Å². The Labute approximate surface area is 257 Å². The Kier molecular flexibility index (Phi) is 8.07. The molecule has 6 rings (SSSR count). The van der Waals surface area contributed by atoms with Crippen molar-refractivity contribution in [2.24, 2.45) is 0 Å². The minimum absolute atomic E-state index is 0.0162. The van der Waals surface area contributed by atoms with Crippen LogP contribution in [0.15, 0.2) is 114 Å². The summed E-state index contributed by atoms with van der Waals surface area (Å²) in [7, 11) is -4.01. The number of carbonyl (C=O) groups excluding carboxylic acids is 1. The molecule has 3 aromatic carbocycles. The molecule has 3 heterocycles. The van der Waals surface area contributed by atoms with Gasteiger partial charge in [-0.25, -0.2) is 13.4 Å². The van der Waals surface area contributed by atoms with Crippen molar-refractivity contribution in [3.05, 3.63) is 135 Å². The first-order chi connectivity index (χ1) is 20.9. The molecule has 0 aliphatic rings. The van der Waals surface area contributed by atoms with Crippen LogP contribution >= 0.6 is 22.7 Å². The zero-order valence-electron chi connectivity index (χ0n) is 22.8. The number of nitriles is 1. The monoisotopic (exact) mass is 623 g/mol. The fourth-order valence-corrected chi connectivity index (χ4v) is 7.83. The average molecular weight is 624 g/mol. The molecular formula is C32H25N5O3S3. The minimum Gasteiger partial charge on any atom is -0.346 e. The first-order valence-corrected chi connectivity index (χ1v) is 16.4. The van der Waals surface area contributed by atoms with Crippen LogP contribution in [0.25, 0.3) is 10.1 Å². The van der Waals surface area contributed by atoms with Gasteiger partial charge in [0.2, 0.25) is 0 Å². The van der Waals surface area contributed by atoms with Gasteiger partial charge in [0.1, 0.15) is 0 Å². The van der Waals surface area contributed by atoms with Crippen LogP contribution in [0, 0.1) is 11.3 Å². The summed E-state index contributed by atoms with van der Waals surface area (Å²) in [6, 6.07) is 28.8. The van der Waals surface area contributed by atoms with Gasteiger partial charge in [-0.1, -0.05) is 42.5 Å². The first-order valence-electron chi connectivity index (χ1n) is 13.3. The Balaban J connectivity index is 1.37. The standard InChI is InChI=1S/C32H25N5O3S3/c33-17-23-11-13-24(14-12-23)20-36-22-34-18-25(36)21-37(43(39,40)27-7-2-1-3-8-27)29-9-4-10-30-28(29)16-31(42-30)32(38)35-19-26-6-5-15-41-26/h1-16,18,22H,19-21H2,(H,35,38). The van der Waals surface area contributed by atoms with Crippen molar-refractivity contribution in [1.29, 1.82) is 5.26 Å². The second-order valence-corrected chi connectivity index (χ2v) is 13.7. The van der Waals surface area contributed by atoms with Crippen molar-refractivity contribution >= 4 is 54.4 Å². The number of nitrogens with zero attached hydrogens (tertiary/aromatic N) is 4. The lowest BCUT2D eigenvalue weighted by Crippen LogP contribution is -2.31. The number of benzene rings is 3. The van der Waals surface area contributed by atoms with Crippen LogP contribution < -0.4 is 9.62 Å². The highest BCUT2D eigenvalue weighted by molar-refractivity contribution is 7.92. The van der Waals surface area contributed by atoms with Crippen molar-refractivity contribution in [3.8, 4) is 6.07 Å². The molecule has 0 unspecified atom stereocenters. The largest absolute Gasteiger partial charge is 0.346 e. The van der Waals surface area contributed by atoms with Gasteiger partial charge in [0.15, 0.2) is 0 Å². The molecular weight excluding hydrogens is 599 g/mol. The maximum Gasteiger partial charge on any atom is 0.264 e. The van der Waals surface area contributed by atoms with E-state index in [1.165, 1.54) is 15.6 Å². The molecule has 0 spiro atoms. The van der Waals surface area contributed by atoms with E-state index < -0.39 is 10.0 Å². The van der Waals surface area contributed by atoms with Gasteiger partial charge in [0, 0.05) is 27.7 Å². The summed E-state index contributed by atoms with van der Waals surface area (Å²) < 4.78 is 32.5. The summed E-state index contributed by atoms with van der Waals surface area (Å²) in [5.74, 6) is -0.210. The molecule has 0 radical (unpaired) electrons. The van der Waals surface area contributed by atoms with Crippen LogP contribution in [-0.4, -0.2) is 23.9 Å². The molecule has 6 aromatic rings. The average Bonchev–Trinajstić information content (AvgIpc) is 3.81. The SMILES string of the molecule is N#Cc1ccc(Cn2cncc2CN(c2cccc3sc(C(=O)NCc4cccs4)cc23)S(=O)(=O)c2ccccc2)cc1. The van der Waals surface area contributed by atoms with E-state index in [0.29, 0.717) is 40.3 Å². The molecule has 43 heavy (non-hydrogen) atoms. The number of anilines is 1. The highest BCUT2D eigenvalue weighted by Crippen LogP contribution is 2.37. The van der Waals surface area contributed by atoms with Gasteiger partial charge in [-0.15, -0.1) is 22.7 Å². The van der Waals surface area contributed by atoms with Crippen LogP contribution in [0.1, 0.15) is 31.4 Å². The molecule has 3 aromatic heterocycles. The number of imidazole rings is 1. The third-order valence-corrected chi connectivity index (χ3v) is 10.7. The van der Waals surface area contributed by atoms with Crippen molar-refractivity contribution in [2.75, 3.05) is 4.31 Å². The third-order valence-electron chi connectivity index (χ3n) is 6.91. The maximum absolute atomic E-state index is 14.2. The van der Waals surface area contributed by atoms with E-state index in [0.717, 1.165) is 15.1 Å². The summed E-state index contributed by atoms with van der Waals surface area (Å²) in [5, 5.41) is 14.7. The van der Waals surface area contributed by atoms with Crippen LogP contribution in [0.4, 0.5) is 5.69 Å². The summed E-state index contributed by atoms with van der Waals surface area (Å²) in [6.45, 7) is 0.898. The lowest BCUT2D eigenvalue weighted by Gasteiger charge is -2.26. The van der Waals surface area contributed by atoms with E-state index in [9.17, 15) is 13.2 Å². The van der Waals surface area contributed by atoms with E-state index >= 15 is 0 Å². The van der Waals surface area contributed by atoms with Gasteiger partial charge in [-0.2, -0.15) is 5.26 Å². The number of hydrogen-bond acceptors (Lipinski definition) is 7. The van der Waals surface area contributed by atoms with Crippen molar-refractivity contribution in [1.82, 2.24) is 14.9 Å². The Morgan fingerprint density at radius 1 is 1.00 bits per heavy atom. The molecule has 8 nitrogen and oxygen atoms in total. The predicted molar refractivity (Wildman–Crippen MR) is 170 cm³/mol. The minimum atomic E-state index is -4.01. The summed E-state index contributed by atoms with van der Waals surface area (Å²) in [5.41, 5.74) is 2.68. The third kappa shape index (κ3) is 6.08. The second-order valence-electron chi connectivity index (χ2n) is 9.71. The number of amides is 1. The van der Waals surface area contributed by atoms with Gasteiger partial charge in [-0.05, 0) is 59.5 Å². The molecule has 0 bridgehead atoms. The molecule has 0 aliphatic heterocycles. The molecule has 0 saturated carbocycles. The lowest BCUT2D eigenvalue weighted by molar-refractivity contribution is 0.0955. The van der Waals surface area contributed by atoms with Crippen LogP contribution in [-0.2, 0) is 29.7 Å². The first kappa shape index (κ1) is 28.4. The Morgan fingerprint density at radius 2 is 1.81 bits per heavy atom. The Bertz CT molecular complexity index is 2030. The van der Waals surface area contributed by atoms with E-state index in [-0.39, 0.29) is 17.3 Å². The topological polar surface area (TPSA) is 108 Å². The number of carbonyl (C=O) groups is 1. The number of aromatic nitrogens is 2. The smallest absolute Gasteiger partial charge is 0.264 e. The van der Waals surface area contributed by atoms with Crippen molar-refractivity contribution in [3.63, 3.8) is 0 Å². The highest BCUT2D eigenvalue weighted by atomic mass is 32.2. The van der Waals surface area contributed by atoms with Crippen molar-refractivity contribution in [2.45, 2.75) is 24.5 Å². The number of thiophene rings is 2. The zero-order valence-corrected chi connectivity index (χ0v) is 25.2. The van der Waals surface area contributed by atoms with Gasteiger partial charge >= 0.3 is 0 Å². The summed E-state index contributed by atoms with van der Waals surface area (Å²) in [6.07, 6.45) is 3.33. The molecule has 11 heteroatoms. The number of nitrogens with one attached hydrogen (secondary N) is 1. The highest BCUT2D eigenvalue weighted by Gasteiger charge is 2.28. The Morgan fingerprint density at radius 3 is 2.56 bits per heavy atom. The number of hydrogen-bond donors (Lipinski definition) is 1. The van der Waals surface area contributed by atoms with E-state index in [2.05, 4.69) is 16.4 Å². The molecule has 0 aliphatic carbocycles. The van der Waals surface area contributed by atoms with Gasteiger partial charge < -0.3 is 9.88 Å². The van der Waals surface area contributed by atoms with Crippen LogP contribution in [0.5, 0.6) is 0 Å². The number of fused-ring (bicyclic) bond motifs is 1. The fraction of sp³-hybridized carbons (Fsp3) is 0.0938. The number of rotatable bonds is 10. The van der Waals surface area contributed by atoms with Crippen LogP contribution in [0.2, 0.25) is 0 Å². The quantitative estimate of drug-likeness (QED) is 0.190. The lowest BCUT2D eigenvalue weighted by atomic mass is 10.1. The Hall–Kier alpha value is -4.76. The van der Waals surface area contributed by atoms with E-state index in [1.54, 1.807) is 78.5 Å². The molecule has 0 saturated heterocycles. The molecule has 1 N–H and O–H groups in total. The second kappa shape index (κ2) is 12.2. The summed E-state index contributed by atoms with van der Waals surface area (Å²) in [4.78, 5) is 19.1. The zero-order chi connectivity index (χ0) is 29.8. The van der Waals surface area contributed by atoms with Gasteiger partial charge in [0.05, 0.1) is 52.2 Å². The van der Waals surface area contributed by atoms with Gasteiger partial charge in [0.25, 0.3) is 15.9 Å². The molecule has 1 amide bonds. The normalized spacial score (nSPS) is 11.3. The van der Waals surface area contributed by atoms with E-state index in [4.69, 9.17) is 5.26 Å². The van der Waals surface area contributed by atoms with Gasteiger partial charge in [-0.3, -0.25) is 9.10 Å². The van der Waals surface area contributed by atoms with Crippen molar-refractivity contribution < 1.29 is 13.2 Å². The molecule has 0 fully saturated rings. The maximum atomic E-state index is 14.2.